The molecule has 2 rings (SSSR count). The first kappa shape index (κ1) is 14.0. The first-order valence-electron chi connectivity index (χ1n) is 4.89. The molecule has 1 unspecified atom stereocenters. The van der Waals surface area contributed by atoms with Gasteiger partial charge in [0.05, 0.1) is 12.0 Å². The third-order valence-electron chi connectivity index (χ3n) is 2.52. The molecule has 3 heteroatoms. The number of hydrogen-bond acceptors (Lipinski definition) is 2. The van der Waals surface area contributed by atoms with E-state index < -0.39 is 0 Å². The van der Waals surface area contributed by atoms with Crippen LogP contribution in [0.1, 0.15) is 24.2 Å². The van der Waals surface area contributed by atoms with Gasteiger partial charge >= 0.3 is 58.2 Å². The van der Waals surface area contributed by atoms with Crippen molar-refractivity contribution < 1.29 is 58.2 Å². The van der Waals surface area contributed by atoms with E-state index in [0.717, 1.165) is 22.2 Å². The Balaban J connectivity index is 0.00000128. The molecule has 0 aliphatic rings. The zero-order valence-corrected chi connectivity index (χ0v) is 14.7. The van der Waals surface area contributed by atoms with E-state index in [2.05, 4.69) is 17.1 Å². The van der Waals surface area contributed by atoms with E-state index in [1.54, 1.807) is 0 Å². The van der Waals surface area contributed by atoms with Crippen LogP contribution in [-0.2, 0) is 0 Å². The molecule has 0 aliphatic carbocycles. The Morgan fingerprint density at radius 1 is 1.50 bits per heavy atom. The van der Waals surface area contributed by atoms with E-state index in [1.807, 2.05) is 38.1 Å². The van der Waals surface area contributed by atoms with Crippen molar-refractivity contribution in [1.29, 1.82) is 5.26 Å². The average Bonchev–Trinajstić information content (AvgIpc) is 2.28. The van der Waals surface area contributed by atoms with Crippen LogP contribution < -0.4 is 58.2 Å². The van der Waals surface area contributed by atoms with Gasteiger partial charge in [0.1, 0.15) is 0 Å². The summed E-state index contributed by atoms with van der Waals surface area (Å²) in [7, 11) is 0. The molecule has 74 valence electrons. The number of aryl methyl sites for hydroxylation is 1. The predicted octanol–water partition coefficient (Wildman–Crippen LogP) is -0.0255. The van der Waals surface area contributed by atoms with Crippen LogP contribution in [0.5, 0.6) is 0 Å². The molecule has 1 aromatic carbocycles. The van der Waals surface area contributed by atoms with Crippen molar-refractivity contribution in [2.75, 3.05) is 0 Å². The van der Waals surface area contributed by atoms with Crippen molar-refractivity contribution in [3.05, 3.63) is 41.7 Å². The molecule has 16 heavy (non-hydrogen) atoms. The normalized spacial score (nSPS) is 11.6. The Labute approximate surface area is 144 Å². The Morgan fingerprint density at radius 3 is 2.94 bits per heavy atom. The van der Waals surface area contributed by atoms with Crippen molar-refractivity contribution in [1.82, 2.24) is 4.98 Å². The maximum atomic E-state index is 8.85. The molecule has 0 N–H and O–H groups in total. The van der Waals surface area contributed by atoms with Crippen molar-refractivity contribution in [2.45, 2.75) is 19.8 Å². The van der Waals surface area contributed by atoms with Crippen LogP contribution in [0.2, 0.25) is 0 Å². The molecule has 1 aromatic heterocycles. The van der Waals surface area contributed by atoms with Crippen LogP contribution >= 0.6 is 0 Å². The smallest absolute Gasteiger partial charge is 0.259 e. The molecular weight excluding hydrogens is 270 g/mol. The van der Waals surface area contributed by atoms with Gasteiger partial charge in [0.25, 0.3) is 0 Å². The molecule has 2 nitrogen and oxygen atoms in total. The van der Waals surface area contributed by atoms with Gasteiger partial charge in [-0.3, -0.25) is 4.98 Å². The third-order valence-corrected chi connectivity index (χ3v) is 2.52. The van der Waals surface area contributed by atoms with Gasteiger partial charge in [-0.1, -0.05) is 6.07 Å². The Morgan fingerprint density at radius 2 is 2.25 bits per heavy atom. The van der Waals surface area contributed by atoms with Gasteiger partial charge in [-0.25, -0.2) is 0 Å². The van der Waals surface area contributed by atoms with Gasteiger partial charge in [-0.15, -0.1) is 10.8 Å². The fourth-order valence-electron chi connectivity index (χ4n) is 1.63. The van der Waals surface area contributed by atoms with Crippen LogP contribution in [0, 0.1) is 24.3 Å². The van der Waals surface area contributed by atoms with E-state index in [0.29, 0.717) is 0 Å². The monoisotopic (exact) mass is 280 g/mol. The number of aromatic nitrogens is 1. The molecule has 0 saturated carbocycles. The topological polar surface area (TPSA) is 36.7 Å². The van der Waals surface area contributed by atoms with E-state index in [1.165, 1.54) is 0 Å². The van der Waals surface area contributed by atoms with Gasteiger partial charge in [-0.05, 0) is 13.8 Å². The fourth-order valence-corrected chi connectivity index (χ4v) is 1.63. The summed E-state index contributed by atoms with van der Waals surface area (Å²) in [5.74, 6) is -0.159. The molecule has 0 amide bonds. The molecule has 0 spiro atoms. The Kier molecular flexibility index (Phi) is 5.26. The molecule has 1 atom stereocenters. The summed E-state index contributed by atoms with van der Waals surface area (Å²) in [6.45, 7) is 3.83. The maximum absolute atomic E-state index is 8.85. The summed E-state index contributed by atoms with van der Waals surface area (Å²) in [5, 5.41) is 11.1. The predicted molar refractivity (Wildman–Crippen MR) is 59.3 cm³/mol. The Bertz CT molecular complexity index is 543. The second kappa shape index (κ2) is 6.02. The molecule has 0 aliphatic heterocycles. The molecule has 0 fully saturated rings. The number of pyridine rings is 1. The van der Waals surface area contributed by atoms with Gasteiger partial charge < -0.3 is 0 Å². The third kappa shape index (κ3) is 2.78. The summed E-state index contributed by atoms with van der Waals surface area (Å²) in [4.78, 5) is 4.44. The van der Waals surface area contributed by atoms with Crippen LogP contribution in [0.15, 0.2) is 24.3 Å². The zero-order valence-electron chi connectivity index (χ0n) is 9.78. The minimum absolute atomic E-state index is 0. The van der Waals surface area contributed by atoms with E-state index in [9.17, 15) is 0 Å². The zero-order chi connectivity index (χ0) is 10.8. The number of nitrogens with zero attached hydrogens (tertiary/aromatic N) is 2. The van der Waals surface area contributed by atoms with Gasteiger partial charge in [0.15, 0.2) is 0 Å². The summed E-state index contributed by atoms with van der Waals surface area (Å²) in [5.41, 5.74) is 1.81. The van der Waals surface area contributed by atoms with Crippen molar-refractivity contribution in [2.24, 2.45) is 0 Å². The number of nitriles is 1. The molecule has 2 aromatic rings. The van der Waals surface area contributed by atoms with Crippen molar-refractivity contribution >= 4 is 10.8 Å². The second-order valence-corrected chi connectivity index (χ2v) is 3.63. The van der Waals surface area contributed by atoms with E-state index in [-0.39, 0.29) is 64.1 Å². The fraction of sp³-hybridized carbons (Fsp3) is 0.231. The van der Waals surface area contributed by atoms with Gasteiger partial charge in [0.2, 0.25) is 0 Å². The standard InChI is InChI=1S/C13H11N2.Rb/c1-9(8-14)13-7-11-5-3-4-6-12(11)10(2)15-13;/h4-7,9H,1-2H3;/q-1;+1. The molecule has 0 saturated heterocycles. The van der Waals surface area contributed by atoms with Crippen molar-refractivity contribution in [3.63, 3.8) is 0 Å². The summed E-state index contributed by atoms with van der Waals surface area (Å²) < 4.78 is 0. The van der Waals surface area contributed by atoms with Crippen LogP contribution in [0.3, 0.4) is 0 Å². The second-order valence-electron chi connectivity index (χ2n) is 3.63. The summed E-state index contributed by atoms with van der Waals surface area (Å²) >= 11 is 0. The quantitative estimate of drug-likeness (QED) is 0.688. The number of benzene rings is 1. The Hall–Kier alpha value is -0.0748. The first-order valence-corrected chi connectivity index (χ1v) is 4.89. The first-order chi connectivity index (χ1) is 7.22. The van der Waals surface area contributed by atoms with Gasteiger partial charge in [-0.2, -0.15) is 29.5 Å². The molecule has 0 bridgehead atoms. The number of hydrogen-bond donors (Lipinski definition) is 0. The average molecular weight is 281 g/mol. The largest absolute Gasteiger partial charge is 1.00 e. The summed E-state index contributed by atoms with van der Waals surface area (Å²) in [6.07, 6.45) is 0. The minimum Gasteiger partial charge on any atom is -0.259 e. The number of fused-ring (bicyclic) bond motifs is 1. The SMILES string of the molecule is Cc1nc(C(C)C#N)cc2c[c-]ccc12.[Rb+]. The molecule has 0 radical (unpaired) electrons. The van der Waals surface area contributed by atoms with Crippen LogP contribution in [0.25, 0.3) is 10.8 Å². The van der Waals surface area contributed by atoms with Crippen LogP contribution in [0.4, 0.5) is 0 Å². The molecular formula is C13H11N2Rb. The summed E-state index contributed by atoms with van der Waals surface area (Å²) in [6, 6.07) is 13.0. The number of rotatable bonds is 1. The van der Waals surface area contributed by atoms with Crippen molar-refractivity contribution in [3.8, 4) is 6.07 Å². The van der Waals surface area contributed by atoms with Crippen LogP contribution in [-0.4, -0.2) is 4.98 Å². The minimum atomic E-state index is -0.159. The maximum Gasteiger partial charge on any atom is 1.00 e. The van der Waals surface area contributed by atoms with E-state index >= 15 is 0 Å². The van der Waals surface area contributed by atoms with E-state index in [4.69, 9.17) is 5.26 Å². The molecule has 1 heterocycles. The van der Waals surface area contributed by atoms with Gasteiger partial charge in [0, 0.05) is 11.4 Å².